The number of hydrogen-bond acceptors (Lipinski definition) is 7. The Hall–Kier alpha value is -1.52. The summed E-state index contributed by atoms with van der Waals surface area (Å²) in [4.78, 5) is 24.3. The number of carbonyl (C=O) groups is 2. The van der Waals surface area contributed by atoms with E-state index in [4.69, 9.17) is 9.84 Å². The first-order chi connectivity index (χ1) is 9.60. The Balaban J connectivity index is 2.47. The Labute approximate surface area is 120 Å². The first kappa shape index (κ1) is 15.9. The molecule has 4 atom stereocenters. The third kappa shape index (κ3) is 2.14. The Bertz CT molecular complexity index is 506. The molecule has 21 heavy (non-hydrogen) atoms. The van der Waals surface area contributed by atoms with E-state index >= 15 is 0 Å². The van der Waals surface area contributed by atoms with E-state index in [0.29, 0.717) is 0 Å². The van der Waals surface area contributed by atoms with Crippen LogP contribution in [0, 0.1) is 0 Å². The lowest BCUT2D eigenvalue weighted by Gasteiger charge is -2.49. The molecule has 3 rings (SSSR count). The normalized spacial score (nSPS) is 37.1. The molecule has 0 aromatic rings. The van der Waals surface area contributed by atoms with Gasteiger partial charge in [0.15, 0.2) is 0 Å². The van der Waals surface area contributed by atoms with Crippen molar-refractivity contribution in [3.8, 4) is 0 Å². The van der Waals surface area contributed by atoms with Gasteiger partial charge < -0.3 is 35.8 Å². The molecule has 0 radical (unpaired) electrons. The van der Waals surface area contributed by atoms with E-state index in [-0.39, 0.29) is 18.6 Å². The molecule has 9 nitrogen and oxygen atoms in total. The Morgan fingerprint density at radius 1 is 1.43 bits per heavy atom. The fraction of sp³-hybridized carbons (Fsp3) is 0.667. The molecule has 0 spiro atoms. The summed E-state index contributed by atoms with van der Waals surface area (Å²) < 4.78 is 5.27. The SMILES string of the molecule is C=C1CCOC2(C(O)C(C)(O)CO)NC(=O)[C@@]1(O)NC2=O. The number of carbonyl (C=O) groups excluding carboxylic acids is 2. The molecule has 3 heterocycles. The van der Waals surface area contributed by atoms with E-state index in [9.17, 15) is 24.9 Å². The van der Waals surface area contributed by atoms with Crippen LogP contribution in [0.5, 0.6) is 0 Å². The van der Waals surface area contributed by atoms with Crippen molar-refractivity contribution < 1.29 is 34.8 Å². The number of piperazine rings is 1. The molecule has 0 saturated carbocycles. The molecular weight excluding hydrogens is 284 g/mol. The first-order valence-corrected chi connectivity index (χ1v) is 6.31. The molecule has 2 bridgehead atoms. The highest BCUT2D eigenvalue weighted by molar-refractivity contribution is 6.02. The second-order valence-electron chi connectivity index (χ2n) is 5.47. The lowest BCUT2D eigenvalue weighted by molar-refractivity contribution is -0.230. The summed E-state index contributed by atoms with van der Waals surface area (Å²) in [5.41, 5.74) is -6.69. The minimum Gasteiger partial charge on any atom is -0.393 e. The van der Waals surface area contributed by atoms with Gasteiger partial charge in [-0.05, 0) is 18.9 Å². The quantitative estimate of drug-likeness (QED) is 0.299. The average Bonchev–Trinajstić information content (AvgIpc) is 2.42. The van der Waals surface area contributed by atoms with Gasteiger partial charge in [-0.25, -0.2) is 0 Å². The van der Waals surface area contributed by atoms with Crippen LogP contribution in [0.15, 0.2) is 12.2 Å². The lowest BCUT2D eigenvalue weighted by atomic mass is 9.85. The van der Waals surface area contributed by atoms with E-state index < -0.39 is 41.6 Å². The maximum atomic E-state index is 12.2. The monoisotopic (exact) mass is 302 g/mol. The summed E-state index contributed by atoms with van der Waals surface area (Å²) in [5, 5.41) is 43.6. The van der Waals surface area contributed by atoms with Crippen LogP contribution in [0.4, 0.5) is 0 Å². The third-order valence-corrected chi connectivity index (χ3v) is 3.80. The Morgan fingerprint density at radius 2 is 2.05 bits per heavy atom. The van der Waals surface area contributed by atoms with Crippen molar-refractivity contribution in [3.05, 3.63) is 12.2 Å². The number of amides is 2. The van der Waals surface area contributed by atoms with Gasteiger partial charge in [-0.1, -0.05) is 6.58 Å². The minimum atomic E-state index is -2.31. The molecule has 0 aromatic carbocycles. The molecule has 9 heteroatoms. The van der Waals surface area contributed by atoms with Gasteiger partial charge >= 0.3 is 0 Å². The van der Waals surface area contributed by atoms with Gasteiger partial charge in [-0.15, -0.1) is 0 Å². The molecule has 3 fully saturated rings. The fourth-order valence-electron chi connectivity index (χ4n) is 2.29. The van der Waals surface area contributed by atoms with Gasteiger partial charge in [0.1, 0.15) is 11.7 Å². The molecule has 2 amide bonds. The standard InChI is InChI=1S/C12H18N2O7/c1-6-3-4-21-12(7(16)10(2,19)5-15)9(18)13-11(6,20)8(17)14-12/h7,15-16,19-20H,1,3-5H2,2H3,(H,13,18)(H,14,17)/t7?,10?,11-,12?/m1/s1. The van der Waals surface area contributed by atoms with Crippen molar-refractivity contribution in [2.75, 3.05) is 13.2 Å². The van der Waals surface area contributed by atoms with E-state index in [1.807, 2.05) is 5.32 Å². The van der Waals surface area contributed by atoms with Crippen molar-refractivity contribution in [2.45, 2.75) is 36.5 Å². The predicted molar refractivity (Wildman–Crippen MR) is 67.4 cm³/mol. The van der Waals surface area contributed by atoms with Crippen LogP contribution in [0.3, 0.4) is 0 Å². The number of aliphatic hydroxyl groups is 4. The zero-order valence-electron chi connectivity index (χ0n) is 11.4. The summed E-state index contributed by atoms with van der Waals surface area (Å²) in [6.07, 6.45) is -1.91. The second-order valence-corrected chi connectivity index (χ2v) is 5.47. The molecule has 3 unspecified atom stereocenters. The maximum absolute atomic E-state index is 12.2. The zero-order valence-corrected chi connectivity index (χ0v) is 11.4. The van der Waals surface area contributed by atoms with Crippen LogP contribution in [0.2, 0.25) is 0 Å². The van der Waals surface area contributed by atoms with Crippen molar-refractivity contribution in [1.29, 1.82) is 0 Å². The number of nitrogens with one attached hydrogen (secondary N) is 2. The lowest BCUT2D eigenvalue weighted by Crippen LogP contribution is -2.82. The number of aliphatic hydroxyl groups excluding tert-OH is 2. The van der Waals surface area contributed by atoms with E-state index in [0.717, 1.165) is 6.92 Å². The van der Waals surface area contributed by atoms with Crippen LogP contribution in [-0.2, 0) is 14.3 Å². The summed E-state index contributed by atoms with van der Waals surface area (Å²) in [6.45, 7) is 3.59. The molecule has 3 aliphatic rings. The van der Waals surface area contributed by atoms with Gasteiger partial charge in [0.05, 0.1) is 13.2 Å². The number of fused-ring (bicyclic) bond motifs is 5. The smallest absolute Gasteiger partial charge is 0.280 e. The second kappa shape index (κ2) is 4.75. The van der Waals surface area contributed by atoms with Crippen LogP contribution in [-0.4, -0.2) is 68.6 Å². The number of hydrogen-bond donors (Lipinski definition) is 6. The van der Waals surface area contributed by atoms with Gasteiger partial charge in [0.25, 0.3) is 17.5 Å². The number of ether oxygens (including phenoxy) is 1. The van der Waals surface area contributed by atoms with Gasteiger partial charge in [0, 0.05) is 0 Å². The molecule has 3 saturated heterocycles. The van der Waals surface area contributed by atoms with E-state index in [1.165, 1.54) is 0 Å². The van der Waals surface area contributed by atoms with Gasteiger partial charge in [0.2, 0.25) is 5.72 Å². The zero-order chi connectivity index (χ0) is 16.1. The molecule has 0 aromatic heterocycles. The average molecular weight is 302 g/mol. The van der Waals surface area contributed by atoms with E-state index in [2.05, 4.69) is 11.9 Å². The first-order valence-electron chi connectivity index (χ1n) is 6.31. The fourth-order valence-corrected chi connectivity index (χ4v) is 2.29. The summed E-state index contributed by atoms with van der Waals surface area (Å²) >= 11 is 0. The van der Waals surface area contributed by atoms with Crippen molar-refractivity contribution in [1.82, 2.24) is 10.6 Å². The van der Waals surface area contributed by atoms with Crippen LogP contribution in [0.25, 0.3) is 0 Å². The van der Waals surface area contributed by atoms with Gasteiger partial charge in [-0.2, -0.15) is 0 Å². The molecular formula is C12H18N2O7. The van der Waals surface area contributed by atoms with Crippen LogP contribution in [0.1, 0.15) is 13.3 Å². The van der Waals surface area contributed by atoms with Crippen LogP contribution >= 0.6 is 0 Å². The Morgan fingerprint density at radius 3 is 2.62 bits per heavy atom. The summed E-state index contributed by atoms with van der Waals surface area (Å²) in [5.74, 6) is -2.09. The summed E-state index contributed by atoms with van der Waals surface area (Å²) in [7, 11) is 0. The predicted octanol–water partition coefficient (Wildman–Crippen LogP) is -3.30. The highest BCUT2D eigenvalue weighted by atomic mass is 16.5. The van der Waals surface area contributed by atoms with E-state index in [1.54, 1.807) is 0 Å². The molecule has 3 aliphatic heterocycles. The van der Waals surface area contributed by atoms with Gasteiger partial charge in [-0.3, -0.25) is 9.59 Å². The highest BCUT2D eigenvalue weighted by Gasteiger charge is 2.63. The molecule has 0 aliphatic carbocycles. The maximum Gasteiger partial charge on any atom is 0.280 e. The Kier molecular flexibility index (Phi) is 3.59. The summed E-state index contributed by atoms with van der Waals surface area (Å²) in [6, 6.07) is 0. The van der Waals surface area contributed by atoms with Crippen molar-refractivity contribution in [2.24, 2.45) is 0 Å². The van der Waals surface area contributed by atoms with Crippen molar-refractivity contribution in [3.63, 3.8) is 0 Å². The van der Waals surface area contributed by atoms with Crippen molar-refractivity contribution >= 4 is 11.8 Å². The largest absolute Gasteiger partial charge is 0.393 e. The molecule has 118 valence electrons. The minimum absolute atomic E-state index is 0.0325. The third-order valence-electron chi connectivity index (χ3n) is 3.80. The highest BCUT2D eigenvalue weighted by Crippen LogP contribution is 2.32. The number of rotatable bonds is 3. The molecule has 6 N–H and O–H groups in total. The van der Waals surface area contributed by atoms with Crippen LogP contribution < -0.4 is 10.6 Å². The topological polar surface area (TPSA) is 148 Å².